The fraction of sp³-hybridized carbons (Fsp3) is 0.800. The second kappa shape index (κ2) is 5.03. The summed E-state index contributed by atoms with van der Waals surface area (Å²) in [4.78, 5) is 22.1. The summed E-state index contributed by atoms with van der Waals surface area (Å²) >= 11 is 0. The number of amides is 2. The summed E-state index contributed by atoms with van der Waals surface area (Å²) in [5.41, 5.74) is -2.17. The predicted octanol–water partition coefficient (Wildman–Crippen LogP) is 1.63. The van der Waals surface area contributed by atoms with Crippen molar-refractivity contribution in [3.05, 3.63) is 0 Å². The van der Waals surface area contributed by atoms with E-state index in [1.54, 1.807) is 6.92 Å². The normalized spacial score (nSPS) is 18.9. The van der Waals surface area contributed by atoms with Crippen molar-refractivity contribution >= 4 is 12.0 Å². The first-order valence-electron chi connectivity index (χ1n) is 5.60. The minimum absolute atomic E-state index is 0.168. The molecule has 0 radical (unpaired) electrons. The first-order valence-corrected chi connectivity index (χ1v) is 5.60. The highest BCUT2D eigenvalue weighted by Gasteiger charge is 2.64. The van der Waals surface area contributed by atoms with Crippen molar-refractivity contribution in [3.63, 3.8) is 0 Å². The zero-order valence-electron chi connectivity index (χ0n) is 9.80. The van der Waals surface area contributed by atoms with Crippen molar-refractivity contribution in [2.75, 3.05) is 0 Å². The maximum absolute atomic E-state index is 12.5. The van der Waals surface area contributed by atoms with Gasteiger partial charge >= 0.3 is 18.2 Å². The van der Waals surface area contributed by atoms with Gasteiger partial charge in [-0.05, 0) is 19.3 Å². The van der Waals surface area contributed by atoms with Crippen molar-refractivity contribution in [2.24, 2.45) is 0 Å². The van der Waals surface area contributed by atoms with Gasteiger partial charge in [0.1, 0.15) is 11.6 Å². The Morgan fingerprint density at radius 3 is 2.28 bits per heavy atom. The van der Waals surface area contributed by atoms with Gasteiger partial charge in [-0.1, -0.05) is 13.3 Å². The second-order valence-corrected chi connectivity index (χ2v) is 4.36. The maximum Gasteiger partial charge on any atom is 0.411 e. The molecule has 8 heteroatoms. The lowest BCUT2D eigenvalue weighted by Crippen LogP contribution is -2.54. The molecule has 1 fully saturated rings. The van der Waals surface area contributed by atoms with Crippen molar-refractivity contribution in [1.29, 1.82) is 0 Å². The SMILES string of the molecule is CCCC(NC(=O)NC1(C(F)(F)F)CC1)C(=O)O. The first-order chi connectivity index (χ1) is 8.22. The van der Waals surface area contributed by atoms with Crippen LogP contribution in [0.25, 0.3) is 0 Å². The predicted molar refractivity (Wildman–Crippen MR) is 56.0 cm³/mol. The molecule has 3 N–H and O–H groups in total. The van der Waals surface area contributed by atoms with Crippen LogP contribution in [0.15, 0.2) is 0 Å². The molecule has 0 aromatic heterocycles. The number of carbonyl (C=O) groups excluding carboxylic acids is 1. The number of nitrogens with one attached hydrogen (secondary N) is 2. The van der Waals surface area contributed by atoms with E-state index in [0.717, 1.165) is 0 Å². The van der Waals surface area contributed by atoms with Gasteiger partial charge in [-0.3, -0.25) is 0 Å². The molecule has 1 aliphatic carbocycles. The highest BCUT2D eigenvalue weighted by atomic mass is 19.4. The highest BCUT2D eigenvalue weighted by molar-refractivity contribution is 5.83. The van der Waals surface area contributed by atoms with Crippen LogP contribution in [0.4, 0.5) is 18.0 Å². The Hall–Kier alpha value is -1.47. The number of urea groups is 1. The largest absolute Gasteiger partial charge is 0.480 e. The van der Waals surface area contributed by atoms with Gasteiger partial charge in [-0.2, -0.15) is 13.2 Å². The third-order valence-corrected chi connectivity index (χ3v) is 2.83. The molecule has 18 heavy (non-hydrogen) atoms. The second-order valence-electron chi connectivity index (χ2n) is 4.36. The minimum Gasteiger partial charge on any atom is -0.480 e. The van der Waals surface area contributed by atoms with Crippen molar-refractivity contribution < 1.29 is 27.9 Å². The average Bonchev–Trinajstić information content (AvgIpc) is 2.97. The van der Waals surface area contributed by atoms with Crippen molar-refractivity contribution in [3.8, 4) is 0 Å². The van der Waals surface area contributed by atoms with E-state index in [4.69, 9.17) is 5.11 Å². The van der Waals surface area contributed by atoms with Crippen LogP contribution in [0.5, 0.6) is 0 Å². The molecule has 0 bridgehead atoms. The zero-order valence-corrected chi connectivity index (χ0v) is 9.80. The fourth-order valence-electron chi connectivity index (χ4n) is 1.56. The average molecular weight is 268 g/mol. The number of carboxylic acid groups (broad SMARTS) is 1. The van der Waals surface area contributed by atoms with Crippen molar-refractivity contribution in [2.45, 2.75) is 50.4 Å². The summed E-state index contributed by atoms with van der Waals surface area (Å²) in [6.07, 6.45) is -4.18. The van der Waals surface area contributed by atoms with Crippen LogP contribution >= 0.6 is 0 Å². The monoisotopic (exact) mass is 268 g/mol. The Kier molecular flexibility index (Phi) is 4.08. The molecular formula is C10H15F3N2O3. The van der Waals surface area contributed by atoms with Gasteiger partial charge in [0.2, 0.25) is 0 Å². The Morgan fingerprint density at radius 1 is 1.39 bits per heavy atom. The number of halogens is 3. The van der Waals surface area contributed by atoms with Gasteiger partial charge in [0.05, 0.1) is 0 Å². The van der Waals surface area contributed by atoms with E-state index in [2.05, 4.69) is 0 Å². The maximum atomic E-state index is 12.5. The Labute approximate surface area is 102 Å². The molecule has 1 unspecified atom stereocenters. The minimum atomic E-state index is -4.51. The summed E-state index contributed by atoms with van der Waals surface area (Å²) in [5.74, 6) is -1.26. The van der Waals surface area contributed by atoms with Crippen LogP contribution in [0.2, 0.25) is 0 Å². The molecule has 1 atom stereocenters. The Bertz CT molecular complexity index is 340. The first kappa shape index (κ1) is 14.6. The van der Waals surface area contributed by atoms with E-state index in [0.29, 0.717) is 6.42 Å². The van der Waals surface area contributed by atoms with Crippen molar-refractivity contribution in [1.82, 2.24) is 10.6 Å². The van der Waals surface area contributed by atoms with E-state index < -0.39 is 29.8 Å². The highest BCUT2D eigenvalue weighted by Crippen LogP contribution is 2.48. The molecule has 0 aromatic rings. The van der Waals surface area contributed by atoms with Gasteiger partial charge in [0.25, 0.3) is 0 Å². The molecule has 0 saturated heterocycles. The summed E-state index contributed by atoms with van der Waals surface area (Å²) in [7, 11) is 0. The fourth-order valence-corrected chi connectivity index (χ4v) is 1.56. The van der Waals surface area contributed by atoms with E-state index in [9.17, 15) is 22.8 Å². The zero-order chi connectivity index (χ0) is 14.0. The molecule has 104 valence electrons. The molecule has 0 heterocycles. The lowest BCUT2D eigenvalue weighted by atomic mass is 10.2. The van der Waals surface area contributed by atoms with Gasteiger partial charge in [0, 0.05) is 0 Å². The van der Waals surface area contributed by atoms with Gasteiger partial charge in [0.15, 0.2) is 0 Å². The van der Waals surface area contributed by atoms with Crippen LogP contribution in [0.3, 0.4) is 0 Å². The molecule has 5 nitrogen and oxygen atoms in total. The summed E-state index contributed by atoms with van der Waals surface area (Å²) in [6, 6.07) is -2.26. The number of hydrogen-bond donors (Lipinski definition) is 3. The molecule has 1 rings (SSSR count). The smallest absolute Gasteiger partial charge is 0.411 e. The molecular weight excluding hydrogens is 253 g/mol. The van der Waals surface area contributed by atoms with Crippen LogP contribution in [0.1, 0.15) is 32.6 Å². The van der Waals surface area contributed by atoms with E-state index in [1.807, 2.05) is 10.6 Å². The number of alkyl halides is 3. The standard InChI is InChI=1S/C10H15F3N2O3/c1-2-3-6(7(16)17)14-8(18)15-9(4-5-9)10(11,12)13/h6H,2-5H2,1H3,(H,16,17)(H2,14,15,18). The van der Waals surface area contributed by atoms with Gasteiger partial charge in [-0.15, -0.1) is 0 Å². The number of carboxylic acids is 1. The molecule has 0 spiro atoms. The van der Waals surface area contributed by atoms with E-state index in [1.165, 1.54) is 0 Å². The number of rotatable bonds is 5. The number of aliphatic carboxylic acids is 1. The molecule has 0 aliphatic heterocycles. The Balaban J connectivity index is 2.54. The number of carbonyl (C=O) groups is 2. The third kappa shape index (κ3) is 3.27. The topological polar surface area (TPSA) is 78.4 Å². The van der Waals surface area contributed by atoms with Crippen LogP contribution in [0, 0.1) is 0 Å². The summed E-state index contributed by atoms with van der Waals surface area (Å²) in [6.45, 7) is 1.72. The summed E-state index contributed by atoms with van der Waals surface area (Å²) in [5, 5.41) is 12.6. The van der Waals surface area contributed by atoms with E-state index in [-0.39, 0.29) is 19.3 Å². The lowest BCUT2D eigenvalue weighted by molar-refractivity contribution is -0.162. The van der Waals surface area contributed by atoms with Gasteiger partial charge < -0.3 is 15.7 Å². The van der Waals surface area contributed by atoms with Crippen LogP contribution in [-0.4, -0.2) is 34.9 Å². The van der Waals surface area contributed by atoms with Gasteiger partial charge in [-0.25, -0.2) is 9.59 Å². The molecule has 1 saturated carbocycles. The third-order valence-electron chi connectivity index (χ3n) is 2.83. The molecule has 1 aliphatic rings. The molecule has 2 amide bonds. The van der Waals surface area contributed by atoms with E-state index >= 15 is 0 Å². The van der Waals surface area contributed by atoms with Crippen LogP contribution < -0.4 is 10.6 Å². The molecule has 0 aromatic carbocycles. The van der Waals surface area contributed by atoms with Crippen LogP contribution in [-0.2, 0) is 4.79 Å². The summed E-state index contributed by atoms with van der Waals surface area (Å²) < 4.78 is 37.6. The Morgan fingerprint density at radius 2 is 1.94 bits per heavy atom. The quantitative estimate of drug-likeness (QED) is 0.709. The number of hydrogen-bond acceptors (Lipinski definition) is 2. The lowest BCUT2D eigenvalue weighted by Gasteiger charge is -2.22.